The zero-order valence-electron chi connectivity index (χ0n) is 12.6. The quantitative estimate of drug-likeness (QED) is 0.639. The molecular weight excluding hydrogens is 330 g/mol. The number of unbranched alkanes of at least 4 members (excludes halogenated alkanes) is 2. The van der Waals surface area contributed by atoms with E-state index in [9.17, 15) is 9.59 Å². The van der Waals surface area contributed by atoms with Crippen molar-refractivity contribution >= 4 is 27.7 Å². The number of rotatable bonds is 5. The molecule has 4 heteroatoms. The molecule has 2 unspecified atom stereocenters. The number of piperidine rings is 1. The third-order valence-electron chi connectivity index (χ3n) is 4.32. The zero-order valence-corrected chi connectivity index (χ0v) is 14.2. The minimum absolute atomic E-state index is 0.148. The molecule has 2 atom stereocenters. The van der Waals surface area contributed by atoms with E-state index in [1.807, 2.05) is 24.3 Å². The second kappa shape index (κ2) is 6.73. The monoisotopic (exact) mass is 351 g/mol. The van der Waals surface area contributed by atoms with Crippen LogP contribution in [0.2, 0.25) is 0 Å². The lowest BCUT2D eigenvalue weighted by Crippen LogP contribution is -2.49. The smallest absolute Gasteiger partial charge is 0.234 e. The molecule has 1 fully saturated rings. The molecular formula is C17H22BrNO2. The van der Waals surface area contributed by atoms with Gasteiger partial charge in [-0.2, -0.15) is 0 Å². The average Bonchev–Trinajstić information content (AvgIpc) is 2.37. The fourth-order valence-corrected chi connectivity index (χ4v) is 3.71. The molecule has 1 aliphatic rings. The first-order chi connectivity index (χ1) is 9.96. The number of nitrogens with one attached hydrogen (secondary N) is 1. The number of halogens is 1. The number of carbonyl (C=O) groups excluding carboxylic acids is 2. The number of hydrogen-bond acceptors (Lipinski definition) is 2. The summed E-state index contributed by atoms with van der Waals surface area (Å²) >= 11 is 3.46. The van der Waals surface area contributed by atoms with Crippen molar-refractivity contribution in [3.63, 3.8) is 0 Å². The Morgan fingerprint density at radius 2 is 2.10 bits per heavy atom. The molecule has 2 amide bonds. The molecule has 0 aromatic heterocycles. The van der Waals surface area contributed by atoms with Crippen LogP contribution in [0.25, 0.3) is 0 Å². The Morgan fingerprint density at radius 1 is 1.33 bits per heavy atom. The molecule has 1 heterocycles. The minimum Gasteiger partial charge on any atom is -0.296 e. The van der Waals surface area contributed by atoms with Crippen LogP contribution in [0.1, 0.15) is 57.4 Å². The van der Waals surface area contributed by atoms with E-state index in [-0.39, 0.29) is 23.1 Å². The number of amides is 2. The number of carbonyl (C=O) groups is 2. The van der Waals surface area contributed by atoms with E-state index in [4.69, 9.17) is 0 Å². The molecule has 1 aromatic carbocycles. The summed E-state index contributed by atoms with van der Waals surface area (Å²) in [5.74, 6) is -0.571. The van der Waals surface area contributed by atoms with E-state index < -0.39 is 0 Å². The summed E-state index contributed by atoms with van der Waals surface area (Å²) in [5.41, 5.74) is 0.684. The molecule has 114 valence electrons. The Kier molecular flexibility index (Phi) is 5.20. The van der Waals surface area contributed by atoms with Crippen molar-refractivity contribution in [2.24, 2.45) is 5.41 Å². The third kappa shape index (κ3) is 3.73. The van der Waals surface area contributed by atoms with E-state index in [0.29, 0.717) is 6.42 Å². The standard InChI is InChI=1S/C17H22BrNO2/c1-3-4-5-9-17(2)11-14(20)19-16(21)15(17)12-7-6-8-13(18)10-12/h6-8,10,15H,3-5,9,11H2,1-2H3,(H,19,20,21). The van der Waals surface area contributed by atoms with Crippen molar-refractivity contribution in [2.45, 2.75) is 51.9 Å². The van der Waals surface area contributed by atoms with Gasteiger partial charge in [0.25, 0.3) is 0 Å². The molecule has 3 nitrogen and oxygen atoms in total. The molecule has 0 radical (unpaired) electrons. The maximum atomic E-state index is 12.4. The van der Waals surface area contributed by atoms with Crippen LogP contribution in [-0.2, 0) is 9.59 Å². The second-order valence-electron chi connectivity index (χ2n) is 6.19. The van der Waals surface area contributed by atoms with Crippen LogP contribution in [0.4, 0.5) is 0 Å². The Hall–Kier alpha value is -1.16. The summed E-state index contributed by atoms with van der Waals surface area (Å²) in [6.07, 6.45) is 4.64. The van der Waals surface area contributed by atoms with Gasteiger partial charge in [-0.3, -0.25) is 14.9 Å². The van der Waals surface area contributed by atoms with E-state index in [0.717, 1.165) is 35.7 Å². The van der Waals surface area contributed by atoms with Gasteiger partial charge in [0.1, 0.15) is 0 Å². The van der Waals surface area contributed by atoms with Crippen LogP contribution in [0, 0.1) is 5.41 Å². The highest BCUT2D eigenvalue weighted by molar-refractivity contribution is 9.10. The van der Waals surface area contributed by atoms with Crippen LogP contribution >= 0.6 is 15.9 Å². The van der Waals surface area contributed by atoms with E-state index in [1.54, 1.807) is 0 Å². The number of hydrogen-bond donors (Lipinski definition) is 1. The number of benzene rings is 1. The highest BCUT2D eigenvalue weighted by Crippen LogP contribution is 2.45. The molecule has 1 saturated heterocycles. The molecule has 0 bridgehead atoms. The van der Waals surface area contributed by atoms with Gasteiger partial charge in [0.15, 0.2) is 0 Å². The van der Waals surface area contributed by atoms with Gasteiger partial charge >= 0.3 is 0 Å². The summed E-state index contributed by atoms with van der Waals surface area (Å²) in [6, 6.07) is 7.85. The van der Waals surface area contributed by atoms with Gasteiger partial charge in [0.05, 0.1) is 5.92 Å². The van der Waals surface area contributed by atoms with Crippen LogP contribution in [-0.4, -0.2) is 11.8 Å². The highest BCUT2D eigenvalue weighted by Gasteiger charge is 2.45. The summed E-state index contributed by atoms with van der Waals surface area (Å²) in [6.45, 7) is 4.23. The van der Waals surface area contributed by atoms with Crippen molar-refractivity contribution in [1.29, 1.82) is 0 Å². The van der Waals surface area contributed by atoms with E-state index >= 15 is 0 Å². The van der Waals surface area contributed by atoms with Crippen molar-refractivity contribution < 1.29 is 9.59 Å². The lowest BCUT2D eigenvalue weighted by atomic mass is 9.66. The predicted octanol–water partition coefficient (Wildman–Crippen LogP) is 4.17. The molecule has 0 saturated carbocycles. The van der Waals surface area contributed by atoms with Gasteiger partial charge < -0.3 is 0 Å². The van der Waals surface area contributed by atoms with Crippen LogP contribution in [0.15, 0.2) is 28.7 Å². The topological polar surface area (TPSA) is 46.2 Å². The SMILES string of the molecule is CCCCCC1(C)CC(=O)NC(=O)C1c1cccc(Br)c1. The normalized spacial score (nSPS) is 25.8. The summed E-state index contributed by atoms with van der Waals surface area (Å²) in [4.78, 5) is 24.2. The molecule has 2 rings (SSSR count). The van der Waals surface area contributed by atoms with E-state index in [1.165, 1.54) is 0 Å². The third-order valence-corrected chi connectivity index (χ3v) is 4.81. The van der Waals surface area contributed by atoms with E-state index in [2.05, 4.69) is 35.1 Å². The van der Waals surface area contributed by atoms with Crippen molar-refractivity contribution in [3.05, 3.63) is 34.3 Å². The Bertz CT molecular complexity index is 543. The van der Waals surface area contributed by atoms with Crippen LogP contribution in [0.5, 0.6) is 0 Å². The van der Waals surface area contributed by atoms with Gasteiger partial charge in [-0.05, 0) is 29.5 Å². The lowest BCUT2D eigenvalue weighted by Gasteiger charge is -2.40. The first-order valence-corrected chi connectivity index (χ1v) is 8.35. The average molecular weight is 352 g/mol. The fraction of sp³-hybridized carbons (Fsp3) is 0.529. The fourth-order valence-electron chi connectivity index (χ4n) is 3.29. The Morgan fingerprint density at radius 3 is 2.76 bits per heavy atom. The van der Waals surface area contributed by atoms with Gasteiger partial charge in [0.2, 0.25) is 11.8 Å². The predicted molar refractivity (Wildman–Crippen MR) is 86.9 cm³/mol. The van der Waals surface area contributed by atoms with Gasteiger partial charge in [-0.1, -0.05) is 61.2 Å². The Labute approximate surface area is 134 Å². The molecule has 1 aromatic rings. The molecule has 21 heavy (non-hydrogen) atoms. The molecule has 0 aliphatic carbocycles. The van der Waals surface area contributed by atoms with Crippen molar-refractivity contribution in [2.75, 3.05) is 0 Å². The second-order valence-corrected chi connectivity index (χ2v) is 7.10. The van der Waals surface area contributed by atoms with Gasteiger partial charge in [0, 0.05) is 10.9 Å². The summed E-state index contributed by atoms with van der Waals surface area (Å²) in [5, 5.41) is 2.50. The molecule has 1 N–H and O–H groups in total. The first kappa shape index (κ1) is 16.2. The van der Waals surface area contributed by atoms with Crippen molar-refractivity contribution in [1.82, 2.24) is 5.32 Å². The Balaban J connectivity index is 2.32. The first-order valence-electron chi connectivity index (χ1n) is 7.55. The highest BCUT2D eigenvalue weighted by atomic mass is 79.9. The zero-order chi connectivity index (χ0) is 15.5. The van der Waals surface area contributed by atoms with Crippen LogP contribution in [0.3, 0.4) is 0 Å². The minimum atomic E-state index is -0.296. The molecule has 1 aliphatic heterocycles. The summed E-state index contributed by atoms with van der Waals surface area (Å²) in [7, 11) is 0. The van der Waals surface area contributed by atoms with Crippen molar-refractivity contribution in [3.8, 4) is 0 Å². The maximum absolute atomic E-state index is 12.4. The summed E-state index contributed by atoms with van der Waals surface area (Å²) < 4.78 is 0.959. The van der Waals surface area contributed by atoms with Gasteiger partial charge in [-0.25, -0.2) is 0 Å². The maximum Gasteiger partial charge on any atom is 0.234 e. The molecule has 0 spiro atoms. The number of imide groups is 1. The lowest BCUT2D eigenvalue weighted by molar-refractivity contribution is -0.139. The largest absolute Gasteiger partial charge is 0.296 e. The van der Waals surface area contributed by atoms with Gasteiger partial charge in [-0.15, -0.1) is 0 Å². The van der Waals surface area contributed by atoms with Crippen LogP contribution < -0.4 is 5.32 Å².